The summed E-state index contributed by atoms with van der Waals surface area (Å²) in [5.41, 5.74) is 2.09. The average Bonchev–Trinajstić information content (AvgIpc) is 3.39. The van der Waals surface area contributed by atoms with E-state index in [0.717, 1.165) is 43.2 Å². The van der Waals surface area contributed by atoms with Crippen LogP contribution in [0.25, 0.3) is 11.3 Å². The van der Waals surface area contributed by atoms with Crippen LogP contribution in [0.3, 0.4) is 0 Å². The number of carbonyl (C=O) groups is 2. The van der Waals surface area contributed by atoms with Crippen LogP contribution in [0.1, 0.15) is 61.1 Å². The van der Waals surface area contributed by atoms with Crippen molar-refractivity contribution >= 4 is 12.0 Å². The molecule has 1 aromatic heterocycles. The number of imidazole rings is 1. The van der Waals surface area contributed by atoms with Crippen LogP contribution in [0, 0.1) is 0 Å². The molecule has 5 rings (SSSR count). The standard InChI is InChI=1S/C30H36N4O4/c1-22(30(38)15-9-4-10-16-30)34-21-31-26(27(34)24-13-7-3-8-14-24)28(35)33-18-17-32(29(36)37)20-25(33)19-23-11-5-2-6-12-23/h2-3,5-8,11-14,21-22,25,38H,4,9-10,15-20H2,1H3,(H,36,37)/t22-,25+/m0/s1. The molecule has 0 unspecified atom stereocenters. The minimum Gasteiger partial charge on any atom is -0.465 e. The zero-order valence-electron chi connectivity index (χ0n) is 21.9. The van der Waals surface area contributed by atoms with E-state index in [9.17, 15) is 19.8 Å². The summed E-state index contributed by atoms with van der Waals surface area (Å²) in [5.74, 6) is -0.212. The van der Waals surface area contributed by atoms with Crippen molar-refractivity contribution in [1.29, 1.82) is 0 Å². The highest BCUT2D eigenvalue weighted by Crippen LogP contribution is 2.40. The molecule has 0 spiro atoms. The molecule has 0 bridgehead atoms. The second-order valence-corrected chi connectivity index (χ2v) is 10.6. The van der Waals surface area contributed by atoms with Crippen LogP contribution in [0.4, 0.5) is 4.79 Å². The number of carbonyl (C=O) groups excluding carboxylic acids is 1. The van der Waals surface area contributed by atoms with Gasteiger partial charge < -0.3 is 24.6 Å². The maximum atomic E-state index is 14.2. The van der Waals surface area contributed by atoms with Gasteiger partial charge in [-0.2, -0.15) is 0 Å². The third-order valence-electron chi connectivity index (χ3n) is 8.29. The van der Waals surface area contributed by atoms with Crippen molar-refractivity contribution in [1.82, 2.24) is 19.4 Å². The Labute approximate surface area is 223 Å². The number of amides is 2. The van der Waals surface area contributed by atoms with Crippen molar-refractivity contribution < 1.29 is 19.8 Å². The Morgan fingerprint density at radius 2 is 1.66 bits per heavy atom. The summed E-state index contributed by atoms with van der Waals surface area (Å²) in [6.07, 6.45) is 5.80. The van der Waals surface area contributed by atoms with Crippen molar-refractivity contribution in [3.8, 4) is 11.3 Å². The lowest BCUT2D eigenvalue weighted by molar-refractivity contribution is -0.0369. The molecule has 2 N–H and O–H groups in total. The number of nitrogens with zero attached hydrogens (tertiary/aromatic N) is 4. The number of carboxylic acid groups (broad SMARTS) is 1. The Kier molecular flexibility index (Phi) is 7.51. The maximum absolute atomic E-state index is 14.2. The van der Waals surface area contributed by atoms with E-state index in [1.807, 2.05) is 72.2 Å². The molecule has 2 aromatic carbocycles. The van der Waals surface area contributed by atoms with Crippen molar-refractivity contribution in [2.75, 3.05) is 19.6 Å². The zero-order valence-corrected chi connectivity index (χ0v) is 21.9. The zero-order chi connectivity index (χ0) is 26.7. The van der Waals surface area contributed by atoms with E-state index in [4.69, 9.17) is 0 Å². The summed E-state index contributed by atoms with van der Waals surface area (Å²) < 4.78 is 1.97. The lowest BCUT2D eigenvalue weighted by atomic mass is 9.80. The molecule has 2 fully saturated rings. The van der Waals surface area contributed by atoms with E-state index >= 15 is 0 Å². The van der Waals surface area contributed by atoms with Crippen LogP contribution < -0.4 is 0 Å². The fourth-order valence-corrected chi connectivity index (χ4v) is 6.03. The van der Waals surface area contributed by atoms with Gasteiger partial charge in [0.05, 0.1) is 29.7 Å². The Morgan fingerprint density at radius 1 is 1.00 bits per heavy atom. The van der Waals surface area contributed by atoms with E-state index in [-0.39, 0.29) is 31.1 Å². The highest BCUT2D eigenvalue weighted by molar-refractivity contribution is 5.98. The second-order valence-electron chi connectivity index (χ2n) is 10.6. The van der Waals surface area contributed by atoms with Gasteiger partial charge in [0.15, 0.2) is 5.69 Å². The smallest absolute Gasteiger partial charge is 0.407 e. The van der Waals surface area contributed by atoms with Crippen LogP contribution in [-0.2, 0) is 6.42 Å². The highest BCUT2D eigenvalue weighted by atomic mass is 16.4. The van der Waals surface area contributed by atoms with Crippen molar-refractivity contribution in [3.63, 3.8) is 0 Å². The predicted octanol–water partition coefficient (Wildman–Crippen LogP) is 4.85. The van der Waals surface area contributed by atoms with Crippen LogP contribution in [0.15, 0.2) is 67.0 Å². The lowest BCUT2D eigenvalue weighted by Crippen LogP contribution is -2.57. The first-order chi connectivity index (χ1) is 18.4. The summed E-state index contributed by atoms with van der Waals surface area (Å²) in [5, 5.41) is 21.2. The SMILES string of the molecule is C[C@H](n1cnc(C(=O)N2CCN(C(=O)O)C[C@H]2Cc2ccccc2)c1-c1ccccc1)C1(O)CCCCC1. The first-order valence-corrected chi connectivity index (χ1v) is 13.5. The predicted molar refractivity (Wildman–Crippen MR) is 145 cm³/mol. The maximum Gasteiger partial charge on any atom is 0.407 e. The summed E-state index contributed by atoms with van der Waals surface area (Å²) >= 11 is 0. The topological polar surface area (TPSA) is 98.9 Å². The molecule has 8 nitrogen and oxygen atoms in total. The van der Waals surface area contributed by atoms with Gasteiger partial charge in [0, 0.05) is 25.2 Å². The normalized spacial score (nSPS) is 20.2. The van der Waals surface area contributed by atoms with Gasteiger partial charge in [-0.05, 0) is 31.7 Å². The number of rotatable bonds is 6. The highest BCUT2D eigenvalue weighted by Gasteiger charge is 2.40. The minimum atomic E-state index is -0.973. The molecule has 2 aliphatic rings. The molecule has 1 aliphatic heterocycles. The fourth-order valence-electron chi connectivity index (χ4n) is 6.03. The quantitative estimate of drug-likeness (QED) is 0.488. The number of hydrogen-bond acceptors (Lipinski definition) is 4. The van der Waals surface area contributed by atoms with E-state index in [1.165, 1.54) is 4.90 Å². The Bertz CT molecular complexity index is 1250. The third-order valence-corrected chi connectivity index (χ3v) is 8.29. The molecular formula is C30H36N4O4. The van der Waals surface area contributed by atoms with Crippen molar-refractivity contribution in [2.24, 2.45) is 0 Å². The molecule has 200 valence electrons. The van der Waals surface area contributed by atoms with Crippen LogP contribution >= 0.6 is 0 Å². The minimum absolute atomic E-state index is 0.212. The molecule has 2 amide bonds. The van der Waals surface area contributed by atoms with Gasteiger partial charge >= 0.3 is 6.09 Å². The number of piperazine rings is 1. The number of aromatic nitrogens is 2. The molecule has 0 radical (unpaired) electrons. The Hall–Kier alpha value is -3.65. The first-order valence-electron chi connectivity index (χ1n) is 13.5. The summed E-state index contributed by atoms with van der Waals surface area (Å²) in [6, 6.07) is 19.0. The van der Waals surface area contributed by atoms with Crippen molar-refractivity contribution in [2.45, 2.75) is 63.1 Å². The van der Waals surface area contributed by atoms with Crippen molar-refractivity contribution in [3.05, 3.63) is 78.2 Å². The van der Waals surface area contributed by atoms with Gasteiger partial charge in [0.1, 0.15) is 0 Å². The van der Waals surface area contributed by atoms with Gasteiger partial charge in [0.2, 0.25) is 0 Å². The molecule has 2 heterocycles. The van der Waals surface area contributed by atoms with Gasteiger partial charge in [-0.3, -0.25) is 4.79 Å². The first kappa shape index (κ1) is 26.0. The number of aliphatic hydroxyl groups is 1. The van der Waals surface area contributed by atoms with Gasteiger partial charge in [-0.15, -0.1) is 0 Å². The molecule has 1 saturated heterocycles. The van der Waals surface area contributed by atoms with Gasteiger partial charge in [0.25, 0.3) is 5.91 Å². The average molecular weight is 517 g/mol. The van der Waals surface area contributed by atoms with E-state index in [1.54, 1.807) is 11.2 Å². The Balaban J connectivity index is 1.52. The van der Waals surface area contributed by atoms with E-state index in [2.05, 4.69) is 4.98 Å². The van der Waals surface area contributed by atoms with Gasteiger partial charge in [-0.25, -0.2) is 9.78 Å². The monoisotopic (exact) mass is 516 g/mol. The molecular weight excluding hydrogens is 480 g/mol. The summed E-state index contributed by atoms with van der Waals surface area (Å²) in [7, 11) is 0. The van der Waals surface area contributed by atoms with E-state index < -0.39 is 11.7 Å². The summed E-state index contributed by atoms with van der Waals surface area (Å²) in [4.78, 5) is 33.8. The summed E-state index contributed by atoms with van der Waals surface area (Å²) in [6.45, 7) is 2.80. The Morgan fingerprint density at radius 3 is 2.32 bits per heavy atom. The lowest BCUT2D eigenvalue weighted by Gasteiger charge is -2.40. The third kappa shape index (κ3) is 5.18. The van der Waals surface area contributed by atoms with E-state index in [0.29, 0.717) is 24.4 Å². The molecule has 1 aliphatic carbocycles. The molecule has 1 saturated carbocycles. The second kappa shape index (κ2) is 11.0. The largest absolute Gasteiger partial charge is 0.465 e. The number of hydrogen-bond donors (Lipinski definition) is 2. The van der Waals surface area contributed by atoms with Crippen LogP contribution in [0.2, 0.25) is 0 Å². The molecule has 3 aromatic rings. The van der Waals surface area contributed by atoms with Gasteiger partial charge in [-0.1, -0.05) is 79.9 Å². The molecule has 8 heteroatoms. The van der Waals surface area contributed by atoms with Crippen LogP contribution in [-0.4, -0.2) is 72.8 Å². The number of benzene rings is 2. The van der Waals surface area contributed by atoms with Crippen LogP contribution in [0.5, 0.6) is 0 Å². The fraction of sp³-hybridized carbons (Fsp3) is 0.433. The molecule has 2 atom stereocenters. The molecule has 38 heavy (non-hydrogen) atoms.